The zero-order chi connectivity index (χ0) is 18.1. The fourth-order valence-corrected chi connectivity index (χ4v) is 2.94. The van der Waals surface area contributed by atoms with E-state index in [1.54, 1.807) is 6.92 Å². The van der Waals surface area contributed by atoms with Gasteiger partial charge in [-0.15, -0.1) is 12.4 Å². The number of hydrogen-bond donors (Lipinski definition) is 2. The van der Waals surface area contributed by atoms with Gasteiger partial charge in [0.15, 0.2) is 6.61 Å². The van der Waals surface area contributed by atoms with Crippen LogP contribution in [0.2, 0.25) is 0 Å². The van der Waals surface area contributed by atoms with Gasteiger partial charge in [0.1, 0.15) is 5.75 Å². The van der Waals surface area contributed by atoms with Crippen molar-refractivity contribution in [3.05, 3.63) is 29.8 Å². The summed E-state index contributed by atoms with van der Waals surface area (Å²) in [6.07, 6.45) is 2.57. The number of rotatable bonds is 8. The molecular formula is C19H29ClN2O4. The molecule has 0 radical (unpaired) electrons. The summed E-state index contributed by atoms with van der Waals surface area (Å²) in [5.74, 6) is 0.531. The predicted octanol–water partition coefficient (Wildman–Crippen LogP) is 2.10. The van der Waals surface area contributed by atoms with Crippen LogP contribution in [0.1, 0.15) is 32.3 Å². The van der Waals surface area contributed by atoms with Crippen LogP contribution < -0.4 is 15.4 Å². The SMILES string of the molecule is CCOC(=O)COc1ccc(CCNC(=O)[C@H]2CCN[C@@H](C)C2)cc1.Cl. The van der Waals surface area contributed by atoms with Crippen LogP contribution in [-0.2, 0) is 20.7 Å². The van der Waals surface area contributed by atoms with E-state index in [1.165, 1.54) is 0 Å². The molecule has 1 fully saturated rings. The number of carbonyl (C=O) groups excluding carboxylic acids is 2. The molecule has 6 nitrogen and oxygen atoms in total. The van der Waals surface area contributed by atoms with Crippen LogP contribution in [0.5, 0.6) is 5.75 Å². The maximum Gasteiger partial charge on any atom is 0.344 e. The van der Waals surface area contributed by atoms with Crippen molar-refractivity contribution in [1.82, 2.24) is 10.6 Å². The Morgan fingerprint density at radius 2 is 2.00 bits per heavy atom. The molecule has 1 aliphatic heterocycles. The van der Waals surface area contributed by atoms with Gasteiger partial charge in [-0.05, 0) is 57.4 Å². The molecule has 1 saturated heterocycles. The lowest BCUT2D eigenvalue weighted by atomic mass is 9.92. The predicted molar refractivity (Wildman–Crippen MR) is 103 cm³/mol. The third-order valence-corrected chi connectivity index (χ3v) is 4.29. The Balaban J connectivity index is 0.00000338. The highest BCUT2D eigenvalue weighted by Crippen LogP contribution is 2.16. The number of halogens is 1. The summed E-state index contributed by atoms with van der Waals surface area (Å²) in [6.45, 7) is 5.68. The molecule has 1 amide bonds. The van der Waals surface area contributed by atoms with Crippen molar-refractivity contribution in [1.29, 1.82) is 0 Å². The largest absolute Gasteiger partial charge is 0.482 e. The molecule has 1 aromatic rings. The molecule has 1 heterocycles. The average Bonchev–Trinajstić information content (AvgIpc) is 2.61. The molecular weight excluding hydrogens is 356 g/mol. The second-order valence-corrected chi connectivity index (χ2v) is 6.36. The summed E-state index contributed by atoms with van der Waals surface area (Å²) >= 11 is 0. The maximum atomic E-state index is 12.2. The normalized spacial score (nSPS) is 19.2. The van der Waals surface area contributed by atoms with Crippen LogP contribution in [0.15, 0.2) is 24.3 Å². The molecule has 146 valence electrons. The summed E-state index contributed by atoms with van der Waals surface area (Å²) < 4.78 is 10.2. The molecule has 0 bridgehead atoms. The van der Waals surface area contributed by atoms with Crippen molar-refractivity contribution in [2.45, 2.75) is 39.2 Å². The lowest BCUT2D eigenvalue weighted by molar-refractivity contribution is -0.145. The second-order valence-electron chi connectivity index (χ2n) is 6.36. The van der Waals surface area contributed by atoms with Gasteiger partial charge in [0.05, 0.1) is 6.61 Å². The molecule has 2 N–H and O–H groups in total. The van der Waals surface area contributed by atoms with Gasteiger partial charge < -0.3 is 20.1 Å². The maximum absolute atomic E-state index is 12.2. The third kappa shape index (κ3) is 7.62. The zero-order valence-electron chi connectivity index (χ0n) is 15.5. The van der Waals surface area contributed by atoms with Crippen LogP contribution in [0.25, 0.3) is 0 Å². The van der Waals surface area contributed by atoms with E-state index in [-0.39, 0.29) is 36.8 Å². The van der Waals surface area contributed by atoms with Crippen LogP contribution in [-0.4, -0.2) is 44.2 Å². The van der Waals surface area contributed by atoms with E-state index in [4.69, 9.17) is 9.47 Å². The first kappa shape index (κ1) is 22.3. The number of hydrogen-bond acceptors (Lipinski definition) is 5. The summed E-state index contributed by atoms with van der Waals surface area (Å²) in [7, 11) is 0. The van der Waals surface area contributed by atoms with Gasteiger partial charge in [-0.1, -0.05) is 12.1 Å². The molecule has 26 heavy (non-hydrogen) atoms. The summed E-state index contributed by atoms with van der Waals surface area (Å²) in [5, 5.41) is 6.39. The van der Waals surface area contributed by atoms with Gasteiger partial charge in [-0.25, -0.2) is 4.79 Å². The van der Waals surface area contributed by atoms with Gasteiger partial charge >= 0.3 is 5.97 Å². The van der Waals surface area contributed by atoms with Gasteiger partial charge in [0.2, 0.25) is 5.91 Å². The molecule has 2 atom stereocenters. The Morgan fingerprint density at radius 3 is 2.65 bits per heavy atom. The van der Waals surface area contributed by atoms with Gasteiger partial charge in [-0.3, -0.25) is 4.79 Å². The van der Waals surface area contributed by atoms with E-state index in [0.29, 0.717) is 24.9 Å². The first-order valence-electron chi connectivity index (χ1n) is 8.97. The molecule has 2 rings (SSSR count). The van der Waals surface area contributed by atoms with Gasteiger partial charge in [0, 0.05) is 18.5 Å². The molecule has 0 aliphatic carbocycles. The lowest BCUT2D eigenvalue weighted by Crippen LogP contribution is -2.42. The van der Waals surface area contributed by atoms with Crippen molar-refractivity contribution >= 4 is 24.3 Å². The number of amides is 1. The monoisotopic (exact) mass is 384 g/mol. The minimum atomic E-state index is -0.374. The fraction of sp³-hybridized carbons (Fsp3) is 0.579. The Bertz CT molecular complexity index is 565. The number of ether oxygens (including phenoxy) is 2. The van der Waals surface area contributed by atoms with Crippen LogP contribution in [0.3, 0.4) is 0 Å². The standard InChI is InChI=1S/C19H28N2O4.ClH/c1-3-24-18(22)13-25-17-6-4-15(5-7-17)8-10-21-19(23)16-9-11-20-14(2)12-16;/h4-7,14,16,20H,3,8-13H2,1-2H3,(H,21,23);1H/t14-,16-;/m0./s1. The highest BCUT2D eigenvalue weighted by atomic mass is 35.5. The third-order valence-electron chi connectivity index (χ3n) is 4.29. The Hall–Kier alpha value is -1.79. The fourth-order valence-electron chi connectivity index (χ4n) is 2.94. The number of piperidine rings is 1. The minimum absolute atomic E-state index is 0. The van der Waals surface area contributed by atoms with Crippen molar-refractivity contribution in [3.8, 4) is 5.75 Å². The Labute approximate surface area is 161 Å². The number of esters is 1. The van der Waals surface area contributed by atoms with E-state index in [2.05, 4.69) is 17.6 Å². The van der Waals surface area contributed by atoms with Crippen molar-refractivity contribution in [2.75, 3.05) is 26.3 Å². The summed E-state index contributed by atoms with van der Waals surface area (Å²) in [5.41, 5.74) is 1.11. The molecule has 1 aliphatic rings. The molecule has 1 aromatic carbocycles. The molecule has 0 saturated carbocycles. The molecule has 0 spiro atoms. The van der Waals surface area contributed by atoms with Crippen molar-refractivity contribution in [3.63, 3.8) is 0 Å². The highest BCUT2D eigenvalue weighted by Gasteiger charge is 2.24. The zero-order valence-corrected chi connectivity index (χ0v) is 16.3. The average molecular weight is 385 g/mol. The molecule has 7 heteroatoms. The molecule has 0 unspecified atom stereocenters. The number of benzene rings is 1. The lowest BCUT2D eigenvalue weighted by Gasteiger charge is -2.27. The van der Waals surface area contributed by atoms with Crippen LogP contribution in [0.4, 0.5) is 0 Å². The van der Waals surface area contributed by atoms with E-state index < -0.39 is 0 Å². The first-order valence-corrected chi connectivity index (χ1v) is 8.97. The number of carbonyl (C=O) groups is 2. The van der Waals surface area contributed by atoms with Crippen LogP contribution >= 0.6 is 12.4 Å². The van der Waals surface area contributed by atoms with E-state index >= 15 is 0 Å². The number of nitrogens with one attached hydrogen (secondary N) is 2. The summed E-state index contributed by atoms with van der Waals surface area (Å²) in [6, 6.07) is 7.94. The van der Waals surface area contributed by atoms with Crippen LogP contribution in [0, 0.1) is 5.92 Å². The quantitative estimate of drug-likeness (QED) is 0.671. The highest BCUT2D eigenvalue weighted by molar-refractivity contribution is 5.85. The van der Waals surface area contributed by atoms with Crippen molar-refractivity contribution in [2.24, 2.45) is 5.92 Å². The minimum Gasteiger partial charge on any atom is -0.482 e. The topological polar surface area (TPSA) is 76.7 Å². The summed E-state index contributed by atoms with van der Waals surface area (Å²) in [4.78, 5) is 23.4. The smallest absolute Gasteiger partial charge is 0.344 e. The van der Waals surface area contributed by atoms with Crippen molar-refractivity contribution < 1.29 is 19.1 Å². The van der Waals surface area contributed by atoms with E-state index in [9.17, 15) is 9.59 Å². The van der Waals surface area contributed by atoms with E-state index in [0.717, 1.165) is 31.4 Å². The first-order chi connectivity index (χ1) is 12.1. The second kappa shape index (κ2) is 11.8. The van der Waals surface area contributed by atoms with E-state index in [1.807, 2.05) is 24.3 Å². The van der Waals surface area contributed by atoms with Gasteiger partial charge in [-0.2, -0.15) is 0 Å². The Kier molecular flexibility index (Phi) is 10.1. The van der Waals surface area contributed by atoms with Gasteiger partial charge in [0.25, 0.3) is 0 Å². The molecule has 0 aromatic heterocycles. The Morgan fingerprint density at radius 1 is 1.27 bits per heavy atom.